The summed E-state index contributed by atoms with van der Waals surface area (Å²) >= 11 is 3.35. The summed E-state index contributed by atoms with van der Waals surface area (Å²) in [6.07, 6.45) is -0.882. The molecule has 0 saturated heterocycles. The summed E-state index contributed by atoms with van der Waals surface area (Å²) in [5, 5.41) is 8.98. The van der Waals surface area contributed by atoms with Crippen molar-refractivity contribution in [3.05, 3.63) is 34.3 Å². The molecule has 3 nitrogen and oxygen atoms in total. The van der Waals surface area contributed by atoms with E-state index in [1.54, 1.807) is 0 Å². The van der Waals surface area contributed by atoms with Crippen molar-refractivity contribution in [2.45, 2.75) is 19.9 Å². The standard InChI is InChI=1S/C11H14BrNO2/c1-3-13(11(14)15)8(2)9-4-6-10(12)7-5-9/h4-8H,3H2,1-2H3,(H,14,15)/t8-/m0/s1. The van der Waals surface area contributed by atoms with Crippen LogP contribution in [-0.4, -0.2) is 22.6 Å². The summed E-state index contributed by atoms with van der Waals surface area (Å²) < 4.78 is 0.997. The number of halogens is 1. The number of carbonyl (C=O) groups is 1. The highest BCUT2D eigenvalue weighted by molar-refractivity contribution is 9.10. The number of rotatable bonds is 3. The van der Waals surface area contributed by atoms with Crippen molar-refractivity contribution in [3.8, 4) is 0 Å². The van der Waals surface area contributed by atoms with Crippen LogP contribution in [0, 0.1) is 0 Å². The summed E-state index contributed by atoms with van der Waals surface area (Å²) in [5.41, 5.74) is 1.00. The maximum absolute atomic E-state index is 10.9. The van der Waals surface area contributed by atoms with E-state index in [1.807, 2.05) is 38.1 Å². The number of hydrogen-bond donors (Lipinski definition) is 1. The molecule has 1 aromatic carbocycles. The molecular formula is C11H14BrNO2. The monoisotopic (exact) mass is 271 g/mol. The molecule has 1 amide bonds. The van der Waals surface area contributed by atoms with E-state index in [4.69, 9.17) is 5.11 Å². The Kier molecular flexibility index (Phi) is 4.15. The quantitative estimate of drug-likeness (QED) is 0.914. The second-order valence-corrected chi connectivity index (χ2v) is 4.21. The summed E-state index contributed by atoms with van der Waals surface area (Å²) in [5.74, 6) is 0. The first-order valence-corrected chi connectivity index (χ1v) is 5.60. The van der Waals surface area contributed by atoms with Crippen molar-refractivity contribution < 1.29 is 9.90 Å². The Morgan fingerprint density at radius 2 is 2.00 bits per heavy atom. The van der Waals surface area contributed by atoms with Crippen molar-refractivity contribution >= 4 is 22.0 Å². The third-order valence-corrected chi connectivity index (χ3v) is 2.93. The van der Waals surface area contributed by atoms with Crippen LogP contribution in [0.15, 0.2) is 28.7 Å². The van der Waals surface area contributed by atoms with Gasteiger partial charge in [0.15, 0.2) is 0 Å². The summed E-state index contributed by atoms with van der Waals surface area (Å²) in [6.45, 7) is 4.22. The molecule has 0 spiro atoms. The number of carboxylic acid groups (broad SMARTS) is 1. The maximum Gasteiger partial charge on any atom is 0.407 e. The SMILES string of the molecule is CCN(C(=O)O)[C@@H](C)c1ccc(Br)cc1. The molecular weight excluding hydrogens is 258 g/mol. The lowest BCUT2D eigenvalue weighted by atomic mass is 10.1. The summed E-state index contributed by atoms with van der Waals surface area (Å²) in [4.78, 5) is 12.3. The van der Waals surface area contributed by atoms with Crippen LogP contribution in [0.5, 0.6) is 0 Å². The molecule has 1 atom stereocenters. The van der Waals surface area contributed by atoms with E-state index in [0.717, 1.165) is 10.0 Å². The largest absolute Gasteiger partial charge is 0.465 e. The van der Waals surface area contributed by atoms with E-state index in [1.165, 1.54) is 4.90 Å². The van der Waals surface area contributed by atoms with Gasteiger partial charge >= 0.3 is 6.09 Å². The lowest BCUT2D eigenvalue weighted by Gasteiger charge is -2.25. The molecule has 0 heterocycles. The molecule has 0 bridgehead atoms. The van der Waals surface area contributed by atoms with Gasteiger partial charge in [0.05, 0.1) is 6.04 Å². The fourth-order valence-corrected chi connectivity index (χ4v) is 1.76. The van der Waals surface area contributed by atoms with E-state index in [9.17, 15) is 4.79 Å². The molecule has 1 aromatic rings. The average Bonchev–Trinajstić information content (AvgIpc) is 2.19. The van der Waals surface area contributed by atoms with Gasteiger partial charge in [-0.15, -0.1) is 0 Å². The highest BCUT2D eigenvalue weighted by Crippen LogP contribution is 2.21. The zero-order valence-electron chi connectivity index (χ0n) is 8.77. The molecule has 0 aliphatic rings. The van der Waals surface area contributed by atoms with Crippen LogP contribution in [0.25, 0.3) is 0 Å². The zero-order chi connectivity index (χ0) is 11.4. The lowest BCUT2D eigenvalue weighted by Crippen LogP contribution is -2.31. The minimum Gasteiger partial charge on any atom is -0.465 e. The Hall–Kier alpha value is -1.03. The second-order valence-electron chi connectivity index (χ2n) is 3.30. The summed E-state index contributed by atoms with van der Waals surface area (Å²) in [7, 11) is 0. The van der Waals surface area contributed by atoms with E-state index in [2.05, 4.69) is 15.9 Å². The number of nitrogens with zero attached hydrogens (tertiary/aromatic N) is 1. The number of amides is 1. The molecule has 0 saturated carbocycles. The number of hydrogen-bond acceptors (Lipinski definition) is 1. The van der Waals surface area contributed by atoms with Gasteiger partial charge in [0.2, 0.25) is 0 Å². The van der Waals surface area contributed by atoms with Crippen LogP contribution in [0.3, 0.4) is 0 Å². The van der Waals surface area contributed by atoms with Crippen molar-refractivity contribution in [1.29, 1.82) is 0 Å². The summed E-state index contributed by atoms with van der Waals surface area (Å²) in [6, 6.07) is 7.59. The van der Waals surface area contributed by atoms with E-state index in [0.29, 0.717) is 6.54 Å². The van der Waals surface area contributed by atoms with Gasteiger partial charge in [0.1, 0.15) is 0 Å². The van der Waals surface area contributed by atoms with Gasteiger partial charge in [-0.2, -0.15) is 0 Å². The van der Waals surface area contributed by atoms with Crippen LogP contribution in [0.1, 0.15) is 25.5 Å². The van der Waals surface area contributed by atoms with Gasteiger partial charge < -0.3 is 10.0 Å². The first-order valence-electron chi connectivity index (χ1n) is 4.81. The molecule has 0 unspecified atom stereocenters. The Labute approximate surface area is 97.8 Å². The molecule has 1 N–H and O–H groups in total. The van der Waals surface area contributed by atoms with E-state index in [-0.39, 0.29) is 6.04 Å². The van der Waals surface area contributed by atoms with Crippen LogP contribution in [-0.2, 0) is 0 Å². The van der Waals surface area contributed by atoms with E-state index < -0.39 is 6.09 Å². The Bertz CT molecular complexity index is 337. The maximum atomic E-state index is 10.9. The third kappa shape index (κ3) is 2.96. The Morgan fingerprint density at radius 3 is 2.40 bits per heavy atom. The molecule has 0 fully saturated rings. The Morgan fingerprint density at radius 1 is 1.47 bits per heavy atom. The highest BCUT2D eigenvalue weighted by atomic mass is 79.9. The second kappa shape index (κ2) is 5.16. The molecule has 15 heavy (non-hydrogen) atoms. The minimum absolute atomic E-state index is 0.111. The fraction of sp³-hybridized carbons (Fsp3) is 0.364. The average molecular weight is 272 g/mol. The van der Waals surface area contributed by atoms with Crippen molar-refractivity contribution in [2.24, 2.45) is 0 Å². The predicted octanol–water partition coefficient (Wildman–Crippen LogP) is 3.51. The van der Waals surface area contributed by atoms with Gasteiger partial charge in [-0.3, -0.25) is 0 Å². The zero-order valence-corrected chi connectivity index (χ0v) is 10.4. The van der Waals surface area contributed by atoms with Crippen molar-refractivity contribution in [2.75, 3.05) is 6.54 Å². The van der Waals surface area contributed by atoms with Gasteiger partial charge in [-0.25, -0.2) is 4.79 Å². The van der Waals surface area contributed by atoms with Crippen LogP contribution < -0.4 is 0 Å². The van der Waals surface area contributed by atoms with Crippen molar-refractivity contribution in [1.82, 2.24) is 4.90 Å². The molecule has 1 rings (SSSR count). The van der Waals surface area contributed by atoms with Gasteiger partial charge in [0.25, 0.3) is 0 Å². The number of benzene rings is 1. The van der Waals surface area contributed by atoms with Gasteiger partial charge in [-0.1, -0.05) is 28.1 Å². The molecule has 0 aliphatic carbocycles. The topological polar surface area (TPSA) is 40.5 Å². The van der Waals surface area contributed by atoms with Crippen molar-refractivity contribution in [3.63, 3.8) is 0 Å². The molecule has 82 valence electrons. The molecule has 0 aromatic heterocycles. The van der Waals surface area contributed by atoms with Crippen LogP contribution >= 0.6 is 15.9 Å². The smallest absolute Gasteiger partial charge is 0.407 e. The lowest BCUT2D eigenvalue weighted by molar-refractivity contribution is 0.131. The van der Waals surface area contributed by atoms with Crippen LogP contribution in [0.4, 0.5) is 4.79 Å². The first kappa shape index (κ1) is 12.0. The normalized spacial score (nSPS) is 12.2. The third-order valence-electron chi connectivity index (χ3n) is 2.41. The predicted molar refractivity (Wildman–Crippen MR) is 63.0 cm³/mol. The van der Waals surface area contributed by atoms with E-state index >= 15 is 0 Å². The molecule has 4 heteroatoms. The molecule has 0 aliphatic heterocycles. The van der Waals surface area contributed by atoms with Crippen LogP contribution in [0.2, 0.25) is 0 Å². The Balaban J connectivity index is 2.87. The molecule has 0 radical (unpaired) electrons. The fourth-order valence-electron chi connectivity index (χ4n) is 1.50. The minimum atomic E-state index is -0.882. The van der Waals surface area contributed by atoms with Gasteiger partial charge in [0, 0.05) is 11.0 Å². The highest BCUT2D eigenvalue weighted by Gasteiger charge is 2.18. The first-order chi connectivity index (χ1) is 7.06. The van der Waals surface area contributed by atoms with Gasteiger partial charge in [-0.05, 0) is 31.5 Å².